The van der Waals surface area contributed by atoms with Crippen LogP contribution in [0, 0.1) is 0 Å². The number of nitrogens with one attached hydrogen (secondary N) is 1. The van der Waals surface area contributed by atoms with Crippen LogP contribution in [0.4, 0.5) is 0 Å². The maximum atomic E-state index is 12.4. The minimum Gasteiger partial charge on any atom is -0.377 e. The Morgan fingerprint density at radius 3 is 2.89 bits per heavy atom. The van der Waals surface area contributed by atoms with Gasteiger partial charge < -0.3 is 10.1 Å². The number of rotatable bonds is 3. The molecule has 0 aliphatic carbocycles. The molecule has 1 N–H and O–H groups in total. The Hall–Kier alpha value is -1.94. The molecular weight excluding hydrogens is 240 g/mol. The minimum atomic E-state index is -0.0243. The third-order valence-corrected chi connectivity index (χ3v) is 3.44. The van der Waals surface area contributed by atoms with Gasteiger partial charge in [0.2, 0.25) is 0 Å². The van der Waals surface area contributed by atoms with Gasteiger partial charge in [-0.1, -0.05) is 25.1 Å². The topological polar surface area (TPSA) is 51.2 Å². The standard InChI is InChI=1S/C15H16N2O2/c1-2-10-7-16-13-6-4-3-5-12(13)14(10)15(18)17-11-8-19-9-11/h3-7,11H,2,8-9H2,1H3,(H,17,18). The van der Waals surface area contributed by atoms with Gasteiger partial charge in [-0.2, -0.15) is 0 Å². The van der Waals surface area contributed by atoms with Gasteiger partial charge in [0.15, 0.2) is 0 Å². The second-order valence-corrected chi connectivity index (χ2v) is 4.74. The minimum absolute atomic E-state index is 0.0243. The van der Waals surface area contributed by atoms with E-state index in [1.807, 2.05) is 31.2 Å². The molecule has 19 heavy (non-hydrogen) atoms. The summed E-state index contributed by atoms with van der Waals surface area (Å²) in [6.07, 6.45) is 2.59. The molecule has 1 aliphatic rings. The number of carbonyl (C=O) groups excluding carboxylic acids is 1. The number of hydrogen-bond acceptors (Lipinski definition) is 3. The number of amides is 1. The Balaban J connectivity index is 2.05. The maximum absolute atomic E-state index is 12.4. The summed E-state index contributed by atoms with van der Waals surface area (Å²) < 4.78 is 5.09. The molecule has 4 heteroatoms. The van der Waals surface area contributed by atoms with Crippen molar-refractivity contribution in [1.82, 2.24) is 10.3 Å². The van der Waals surface area contributed by atoms with Crippen LogP contribution in [-0.4, -0.2) is 30.1 Å². The summed E-state index contributed by atoms with van der Waals surface area (Å²) in [5, 5.41) is 3.92. The van der Waals surface area contributed by atoms with Crippen LogP contribution in [0.1, 0.15) is 22.8 Å². The van der Waals surface area contributed by atoms with Crippen LogP contribution in [0.5, 0.6) is 0 Å². The summed E-state index contributed by atoms with van der Waals surface area (Å²) in [6.45, 7) is 3.25. The molecule has 0 spiro atoms. The quantitative estimate of drug-likeness (QED) is 0.913. The first-order valence-corrected chi connectivity index (χ1v) is 6.55. The van der Waals surface area contributed by atoms with E-state index in [0.717, 1.165) is 28.5 Å². The fourth-order valence-electron chi connectivity index (χ4n) is 2.30. The van der Waals surface area contributed by atoms with Crippen LogP contribution >= 0.6 is 0 Å². The first kappa shape index (κ1) is 12.1. The van der Waals surface area contributed by atoms with E-state index in [1.54, 1.807) is 6.20 Å². The number of para-hydroxylation sites is 1. The van der Waals surface area contributed by atoms with E-state index in [1.165, 1.54) is 0 Å². The Morgan fingerprint density at radius 1 is 1.42 bits per heavy atom. The maximum Gasteiger partial charge on any atom is 0.252 e. The first-order chi connectivity index (χ1) is 9.29. The molecule has 0 unspecified atom stereocenters. The molecule has 1 amide bonds. The van der Waals surface area contributed by atoms with E-state index < -0.39 is 0 Å². The molecule has 1 fully saturated rings. The molecule has 4 nitrogen and oxygen atoms in total. The SMILES string of the molecule is CCc1cnc2ccccc2c1C(=O)NC1COC1. The summed E-state index contributed by atoms with van der Waals surface area (Å²) in [5.74, 6) is -0.0243. The van der Waals surface area contributed by atoms with Crippen LogP contribution in [-0.2, 0) is 11.2 Å². The molecule has 0 saturated carbocycles. The average molecular weight is 256 g/mol. The molecule has 1 saturated heterocycles. The second-order valence-electron chi connectivity index (χ2n) is 4.74. The fraction of sp³-hybridized carbons (Fsp3) is 0.333. The van der Waals surface area contributed by atoms with Crippen molar-refractivity contribution in [3.8, 4) is 0 Å². The number of hydrogen-bond donors (Lipinski definition) is 1. The Labute approximate surface area is 111 Å². The monoisotopic (exact) mass is 256 g/mol. The van der Waals surface area contributed by atoms with Gasteiger partial charge in [-0.05, 0) is 18.1 Å². The molecule has 3 rings (SSSR count). The van der Waals surface area contributed by atoms with Gasteiger partial charge in [-0.25, -0.2) is 0 Å². The zero-order valence-corrected chi connectivity index (χ0v) is 10.8. The van der Waals surface area contributed by atoms with E-state index in [0.29, 0.717) is 13.2 Å². The fourth-order valence-corrected chi connectivity index (χ4v) is 2.30. The van der Waals surface area contributed by atoms with Crippen molar-refractivity contribution in [2.75, 3.05) is 13.2 Å². The highest BCUT2D eigenvalue weighted by atomic mass is 16.5. The molecule has 0 bridgehead atoms. The lowest BCUT2D eigenvalue weighted by atomic mass is 10.0. The van der Waals surface area contributed by atoms with Crippen molar-refractivity contribution in [3.05, 3.63) is 41.6 Å². The zero-order valence-electron chi connectivity index (χ0n) is 10.8. The highest BCUT2D eigenvalue weighted by Gasteiger charge is 2.23. The largest absolute Gasteiger partial charge is 0.377 e. The first-order valence-electron chi connectivity index (χ1n) is 6.55. The molecule has 0 radical (unpaired) electrons. The van der Waals surface area contributed by atoms with Crippen molar-refractivity contribution >= 4 is 16.8 Å². The molecule has 2 aromatic rings. The molecule has 1 aromatic heterocycles. The number of nitrogens with zero attached hydrogens (tertiary/aromatic N) is 1. The van der Waals surface area contributed by atoms with Gasteiger partial charge in [0.1, 0.15) is 0 Å². The van der Waals surface area contributed by atoms with Crippen LogP contribution in [0.25, 0.3) is 10.9 Å². The third-order valence-electron chi connectivity index (χ3n) is 3.44. The van der Waals surface area contributed by atoms with Crippen molar-refractivity contribution in [1.29, 1.82) is 0 Å². The summed E-state index contributed by atoms with van der Waals surface area (Å²) >= 11 is 0. The third kappa shape index (κ3) is 2.19. The Kier molecular flexibility index (Phi) is 3.17. The molecule has 1 aromatic carbocycles. The van der Waals surface area contributed by atoms with Gasteiger partial charge >= 0.3 is 0 Å². The van der Waals surface area contributed by atoms with Crippen LogP contribution < -0.4 is 5.32 Å². The molecule has 1 aliphatic heterocycles. The van der Waals surface area contributed by atoms with E-state index in [2.05, 4.69) is 10.3 Å². The van der Waals surface area contributed by atoms with E-state index in [9.17, 15) is 4.79 Å². The lowest BCUT2D eigenvalue weighted by Gasteiger charge is -2.27. The number of carbonyl (C=O) groups is 1. The smallest absolute Gasteiger partial charge is 0.252 e. The predicted octanol–water partition coefficient (Wildman–Crippen LogP) is 1.93. The lowest BCUT2D eigenvalue weighted by Crippen LogP contribution is -2.48. The number of aryl methyl sites for hydroxylation is 1. The van der Waals surface area contributed by atoms with Crippen LogP contribution in [0.15, 0.2) is 30.5 Å². The number of pyridine rings is 1. The zero-order chi connectivity index (χ0) is 13.2. The average Bonchev–Trinajstić information content (AvgIpc) is 2.41. The van der Waals surface area contributed by atoms with Gasteiger partial charge in [-0.15, -0.1) is 0 Å². The molecule has 98 valence electrons. The Bertz CT molecular complexity index is 621. The molecule has 0 atom stereocenters. The molecule has 2 heterocycles. The second kappa shape index (κ2) is 4.97. The van der Waals surface area contributed by atoms with Crippen LogP contribution in [0.2, 0.25) is 0 Å². The van der Waals surface area contributed by atoms with Crippen molar-refractivity contribution in [3.63, 3.8) is 0 Å². The lowest BCUT2D eigenvalue weighted by molar-refractivity contribution is -0.00344. The van der Waals surface area contributed by atoms with Gasteiger partial charge in [-0.3, -0.25) is 9.78 Å². The van der Waals surface area contributed by atoms with Crippen molar-refractivity contribution in [2.45, 2.75) is 19.4 Å². The van der Waals surface area contributed by atoms with Gasteiger partial charge in [0.05, 0.1) is 30.3 Å². The van der Waals surface area contributed by atoms with E-state index >= 15 is 0 Å². The van der Waals surface area contributed by atoms with Gasteiger partial charge in [0.25, 0.3) is 5.91 Å². The molecular formula is C15H16N2O2. The Morgan fingerprint density at radius 2 is 2.21 bits per heavy atom. The van der Waals surface area contributed by atoms with E-state index in [4.69, 9.17) is 4.74 Å². The summed E-state index contributed by atoms with van der Waals surface area (Å²) in [5.41, 5.74) is 2.59. The summed E-state index contributed by atoms with van der Waals surface area (Å²) in [4.78, 5) is 16.9. The van der Waals surface area contributed by atoms with Crippen molar-refractivity contribution in [2.24, 2.45) is 0 Å². The summed E-state index contributed by atoms with van der Waals surface area (Å²) in [6, 6.07) is 7.89. The number of benzene rings is 1. The normalized spacial score (nSPS) is 15.2. The van der Waals surface area contributed by atoms with Gasteiger partial charge in [0, 0.05) is 11.6 Å². The number of aromatic nitrogens is 1. The highest BCUT2D eigenvalue weighted by molar-refractivity contribution is 6.07. The highest BCUT2D eigenvalue weighted by Crippen LogP contribution is 2.21. The number of fused-ring (bicyclic) bond motifs is 1. The predicted molar refractivity (Wildman–Crippen MR) is 73.2 cm³/mol. The number of ether oxygens (including phenoxy) is 1. The van der Waals surface area contributed by atoms with Crippen LogP contribution in [0.3, 0.4) is 0 Å². The summed E-state index contributed by atoms with van der Waals surface area (Å²) in [7, 11) is 0. The van der Waals surface area contributed by atoms with E-state index in [-0.39, 0.29) is 11.9 Å². The van der Waals surface area contributed by atoms with Crippen molar-refractivity contribution < 1.29 is 9.53 Å².